The molecule has 1 unspecified atom stereocenters. The van der Waals surface area contributed by atoms with E-state index >= 15 is 0 Å². The molecule has 1 amide bonds. The van der Waals surface area contributed by atoms with E-state index in [-0.39, 0.29) is 17.6 Å². The predicted molar refractivity (Wildman–Crippen MR) is 67.0 cm³/mol. The summed E-state index contributed by atoms with van der Waals surface area (Å²) in [5.74, 6) is -0.696. The number of amides is 1. The van der Waals surface area contributed by atoms with Gasteiger partial charge in [0.25, 0.3) is 5.91 Å². The highest BCUT2D eigenvalue weighted by molar-refractivity contribution is 5.94. The van der Waals surface area contributed by atoms with Gasteiger partial charge in [0, 0.05) is 19.7 Å². The molecule has 0 spiro atoms. The van der Waals surface area contributed by atoms with E-state index in [9.17, 15) is 9.18 Å². The van der Waals surface area contributed by atoms with Crippen LogP contribution in [0.3, 0.4) is 0 Å². The van der Waals surface area contributed by atoms with Gasteiger partial charge in [-0.05, 0) is 31.9 Å². The van der Waals surface area contributed by atoms with E-state index in [0.717, 1.165) is 12.8 Å². The van der Waals surface area contributed by atoms with Crippen LogP contribution in [0.4, 0.5) is 4.39 Å². The molecule has 3 nitrogen and oxygen atoms in total. The minimum absolute atomic E-state index is 0.0828. The van der Waals surface area contributed by atoms with Crippen molar-refractivity contribution in [1.29, 1.82) is 0 Å². The van der Waals surface area contributed by atoms with E-state index in [1.165, 1.54) is 12.1 Å². The molecule has 1 aliphatic rings. The summed E-state index contributed by atoms with van der Waals surface area (Å²) in [4.78, 5) is 13.9. The van der Waals surface area contributed by atoms with Gasteiger partial charge in [-0.3, -0.25) is 4.79 Å². The topological polar surface area (TPSA) is 29.5 Å². The largest absolute Gasteiger partial charge is 0.377 e. The van der Waals surface area contributed by atoms with Crippen molar-refractivity contribution in [3.05, 3.63) is 35.6 Å². The molecule has 1 heterocycles. The van der Waals surface area contributed by atoms with Crippen molar-refractivity contribution in [3.8, 4) is 0 Å². The fourth-order valence-corrected chi connectivity index (χ4v) is 2.30. The van der Waals surface area contributed by atoms with Crippen molar-refractivity contribution in [3.63, 3.8) is 0 Å². The van der Waals surface area contributed by atoms with E-state index in [0.29, 0.717) is 19.7 Å². The molecule has 1 saturated heterocycles. The summed E-state index contributed by atoms with van der Waals surface area (Å²) < 4.78 is 19.1. The van der Waals surface area contributed by atoms with E-state index < -0.39 is 5.82 Å². The predicted octanol–water partition coefficient (Wildman–Crippen LogP) is 2.47. The zero-order valence-corrected chi connectivity index (χ0v) is 10.6. The second-order valence-electron chi connectivity index (χ2n) is 4.45. The minimum Gasteiger partial charge on any atom is -0.377 e. The number of benzene rings is 1. The third-order valence-corrected chi connectivity index (χ3v) is 3.17. The minimum atomic E-state index is -0.457. The summed E-state index contributed by atoms with van der Waals surface area (Å²) >= 11 is 0. The maximum absolute atomic E-state index is 13.6. The Balaban J connectivity index is 2.07. The van der Waals surface area contributed by atoms with E-state index in [1.807, 2.05) is 6.92 Å². The number of halogens is 1. The molecule has 2 rings (SSSR count). The van der Waals surface area contributed by atoms with Crippen molar-refractivity contribution >= 4 is 5.91 Å². The first-order valence-electron chi connectivity index (χ1n) is 6.37. The molecule has 0 bridgehead atoms. The van der Waals surface area contributed by atoms with Gasteiger partial charge < -0.3 is 9.64 Å². The Hall–Kier alpha value is -1.42. The average Bonchev–Trinajstić information content (AvgIpc) is 2.39. The quantitative estimate of drug-likeness (QED) is 0.826. The second-order valence-corrected chi connectivity index (χ2v) is 4.45. The third-order valence-electron chi connectivity index (χ3n) is 3.17. The van der Waals surface area contributed by atoms with E-state index in [1.54, 1.807) is 17.0 Å². The molecule has 1 atom stereocenters. The van der Waals surface area contributed by atoms with Crippen LogP contribution in [-0.4, -0.2) is 36.6 Å². The highest BCUT2D eigenvalue weighted by Crippen LogP contribution is 2.17. The Morgan fingerprint density at radius 3 is 3.00 bits per heavy atom. The first-order chi connectivity index (χ1) is 8.72. The lowest BCUT2D eigenvalue weighted by Gasteiger charge is -2.32. The van der Waals surface area contributed by atoms with Crippen molar-refractivity contribution in [2.45, 2.75) is 25.9 Å². The molecule has 0 aromatic heterocycles. The highest BCUT2D eigenvalue weighted by Gasteiger charge is 2.25. The van der Waals surface area contributed by atoms with Gasteiger partial charge in [-0.25, -0.2) is 4.39 Å². The summed E-state index contributed by atoms with van der Waals surface area (Å²) in [6.45, 7) is 3.82. The van der Waals surface area contributed by atoms with Crippen molar-refractivity contribution in [1.82, 2.24) is 4.90 Å². The smallest absolute Gasteiger partial charge is 0.256 e. The van der Waals surface area contributed by atoms with Crippen LogP contribution in [-0.2, 0) is 4.74 Å². The third kappa shape index (κ3) is 2.88. The lowest BCUT2D eigenvalue weighted by molar-refractivity contribution is 0.00708. The standard InChI is InChI=1S/C14H18FNO2/c1-2-18-11-6-5-9-16(10-11)14(17)12-7-3-4-8-13(12)15/h3-4,7-8,11H,2,5-6,9-10H2,1H3. The lowest BCUT2D eigenvalue weighted by Crippen LogP contribution is -2.43. The lowest BCUT2D eigenvalue weighted by atomic mass is 10.1. The summed E-state index contributed by atoms with van der Waals surface area (Å²) in [6, 6.07) is 6.12. The molecule has 18 heavy (non-hydrogen) atoms. The molecule has 98 valence electrons. The molecule has 0 radical (unpaired) electrons. The maximum atomic E-state index is 13.6. The second kappa shape index (κ2) is 5.96. The van der Waals surface area contributed by atoms with Gasteiger partial charge in [0.1, 0.15) is 5.82 Å². The number of hydrogen-bond acceptors (Lipinski definition) is 2. The van der Waals surface area contributed by atoms with E-state index in [2.05, 4.69) is 0 Å². The van der Waals surface area contributed by atoms with Crippen LogP contribution in [0.5, 0.6) is 0 Å². The Labute approximate surface area is 107 Å². The SMILES string of the molecule is CCOC1CCCN(C(=O)c2ccccc2F)C1. The van der Waals surface area contributed by atoms with Crippen LogP contribution in [0.15, 0.2) is 24.3 Å². The fourth-order valence-electron chi connectivity index (χ4n) is 2.30. The Morgan fingerprint density at radius 1 is 1.50 bits per heavy atom. The van der Waals surface area contributed by atoms with Gasteiger partial charge in [0.2, 0.25) is 0 Å². The number of ether oxygens (including phenoxy) is 1. The van der Waals surface area contributed by atoms with Gasteiger partial charge in [-0.2, -0.15) is 0 Å². The number of rotatable bonds is 3. The maximum Gasteiger partial charge on any atom is 0.256 e. The zero-order chi connectivity index (χ0) is 13.0. The van der Waals surface area contributed by atoms with Crippen LogP contribution in [0.25, 0.3) is 0 Å². The van der Waals surface area contributed by atoms with Crippen LogP contribution in [0, 0.1) is 5.82 Å². The van der Waals surface area contributed by atoms with Crippen molar-refractivity contribution in [2.24, 2.45) is 0 Å². The summed E-state index contributed by atoms with van der Waals surface area (Å²) in [7, 11) is 0. The number of nitrogens with zero attached hydrogens (tertiary/aromatic N) is 1. The monoisotopic (exact) mass is 251 g/mol. The number of carbonyl (C=O) groups is 1. The summed E-state index contributed by atoms with van der Waals surface area (Å²) in [5, 5.41) is 0. The van der Waals surface area contributed by atoms with E-state index in [4.69, 9.17) is 4.74 Å². The molecular formula is C14H18FNO2. The number of likely N-dealkylation sites (tertiary alicyclic amines) is 1. The van der Waals surface area contributed by atoms with Gasteiger partial charge in [-0.15, -0.1) is 0 Å². The Morgan fingerprint density at radius 2 is 2.28 bits per heavy atom. The summed E-state index contributed by atoms with van der Waals surface area (Å²) in [6.07, 6.45) is 1.96. The highest BCUT2D eigenvalue weighted by atomic mass is 19.1. The normalized spacial score (nSPS) is 19.9. The Bertz CT molecular complexity index is 420. The molecule has 1 aromatic rings. The molecule has 1 aromatic carbocycles. The van der Waals surface area contributed by atoms with Gasteiger partial charge in [0.15, 0.2) is 0 Å². The van der Waals surface area contributed by atoms with Gasteiger partial charge in [-0.1, -0.05) is 12.1 Å². The molecule has 0 saturated carbocycles. The van der Waals surface area contributed by atoms with Gasteiger partial charge >= 0.3 is 0 Å². The van der Waals surface area contributed by atoms with Crippen molar-refractivity contribution < 1.29 is 13.9 Å². The first-order valence-corrected chi connectivity index (χ1v) is 6.37. The Kier molecular flexibility index (Phi) is 4.31. The zero-order valence-electron chi connectivity index (χ0n) is 10.6. The molecule has 4 heteroatoms. The molecule has 1 fully saturated rings. The van der Waals surface area contributed by atoms with Crippen molar-refractivity contribution in [2.75, 3.05) is 19.7 Å². The van der Waals surface area contributed by atoms with Crippen LogP contribution in [0.2, 0.25) is 0 Å². The number of piperidine rings is 1. The molecule has 1 aliphatic heterocycles. The number of hydrogen-bond donors (Lipinski definition) is 0. The summed E-state index contributed by atoms with van der Waals surface area (Å²) in [5.41, 5.74) is 0.148. The fraction of sp³-hybridized carbons (Fsp3) is 0.500. The molecule has 0 aliphatic carbocycles. The molecular weight excluding hydrogens is 233 g/mol. The molecule has 0 N–H and O–H groups in total. The van der Waals surface area contributed by atoms with Gasteiger partial charge in [0.05, 0.1) is 11.7 Å². The van der Waals surface area contributed by atoms with Crippen LogP contribution < -0.4 is 0 Å². The van der Waals surface area contributed by atoms with Crippen LogP contribution in [0.1, 0.15) is 30.1 Å². The first kappa shape index (κ1) is 13.0. The average molecular weight is 251 g/mol. The van der Waals surface area contributed by atoms with Crippen LogP contribution >= 0.6 is 0 Å². The number of carbonyl (C=O) groups excluding carboxylic acids is 1.